The van der Waals surface area contributed by atoms with E-state index in [1.807, 2.05) is 96.2 Å². The van der Waals surface area contributed by atoms with E-state index >= 15 is 0 Å². The Balaban J connectivity index is 1.72. The summed E-state index contributed by atoms with van der Waals surface area (Å²) in [5.74, 6) is -0.532. The molecule has 1 saturated heterocycles. The first kappa shape index (κ1) is 21.2. The van der Waals surface area contributed by atoms with Crippen LogP contribution in [0.15, 0.2) is 102 Å². The zero-order valence-corrected chi connectivity index (χ0v) is 18.6. The Morgan fingerprint density at radius 3 is 2.16 bits per heavy atom. The number of hydrogen-bond donors (Lipinski definition) is 0. The predicted octanol–water partition coefficient (Wildman–Crippen LogP) is 4.91. The summed E-state index contributed by atoms with van der Waals surface area (Å²) < 4.78 is 15.5. The lowest BCUT2D eigenvalue weighted by Crippen LogP contribution is -2.37. The third kappa shape index (κ3) is 4.24. The molecule has 1 heterocycles. The van der Waals surface area contributed by atoms with Crippen LogP contribution in [-0.2, 0) is 15.8 Å². The van der Waals surface area contributed by atoms with Gasteiger partial charge in [-0.1, -0.05) is 72.8 Å². The standard InChI is InChI=1S/C26H26N2O2S/c1-19-14-16-23(17-15-19)31(30)28-18-20(2)24(25(28)21-10-6-4-7-11-21)26(29)27(3)22-12-8-5-9-13-22/h4-17,24-25H,2,18H2,1,3H3/t24-,25+,31+/m1/s1. The van der Waals surface area contributed by atoms with Crippen molar-refractivity contribution in [1.82, 2.24) is 4.31 Å². The van der Waals surface area contributed by atoms with Gasteiger partial charge in [-0.25, -0.2) is 8.51 Å². The van der Waals surface area contributed by atoms with E-state index in [0.717, 1.165) is 27.3 Å². The number of para-hydroxylation sites is 1. The van der Waals surface area contributed by atoms with E-state index in [-0.39, 0.29) is 11.9 Å². The Kier molecular flexibility index (Phi) is 6.16. The van der Waals surface area contributed by atoms with Crippen molar-refractivity contribution in [2.24, 2.45) is 5.92 Å². The van der Waals surface area contributed by atoms with Crippen molar-refractivity contribution in [3.05, 3.63) is 108 Å². The molecule has 1 fully saturated rings. The van der Waals surface area contributed by atoms with E-state index in [4.69, 9.17) is 0 Å². The number of anilines is 1. The van der Waals surface area contributed by atoms with Crippen molar-refractivity contribution in [3.8, 4) is 0 Å². The summed E-state index contributed by atoms with van der Waals surface area (Å²) in [4.78, 5) is 16.0. The molecule has 4 nitrogen and oxygen atoms in total. The van der Waals surface area contributed by atoms with Gasteiger partial charge in [0.25, 0.3) is 0 Å². The molecule has 0 saturated carbocycles. The molecule has 0 bridgehead atoms. The lowest BCUT2D eigenvalue weighted by atomic mass is 9.90. The number of benzene rings is 3. The zero-order valence-electron chi connectivity index (χ0n) is 17.8. The maximum atomic E-state index is 13.6. The fraction of sp³-hybridized carbons (Fsp3) is 0.192. The van der Waals surface area contributed by atoms with Gasteiger partial charge in [-0.3, -0.25) is 4.79 Å². The minimum atomic E-state index is -1.41. The first-order valence-electron chi connectivity index (χ1n) is 10.3. The molecule has 0 aromatic heterocycles. The highest BCUT2D eigenvalue weighted by Crippen LogP contribution is 2.43. The van der Waals surface area contributed by atoms with E-state index in [0.29, 0.717) is 6.54 Å². The maximum absolute atomic E-state index is 13.6. The molecular weight excluding hydrogens is 404 g/mol. The third-order valence-electron chi connectivity index (χ3n) is 5.74. The van der Waals surface area contributed by atoms with Crippen LogP contribution in [0.4, 0.5) is 5.69 Å². The van der Waals surface area contributed by atoms with Gasteiger partial charge in [-0.2, -0.15) is 0 Å². The lowest BCUT2D eigenvalue weighted by molar-refractivity contribution is -0.121. The summed E-state index contributed by atoms with van der Waals surface area (Å²) in [6, 6.07) is 26.8. The van der Waals surface area contributed by atoms with E-state index in [9.17, 15) is 9.00 Å². The minimum absolute atomic E-state index is 0.0477. The van der Waals surface area contributed by atoms with Gasteiger partial charge >= 0.3 is 0 Å². The Bertz CT molecular complexity index is 1100. The van der Waals surface area contributed by atoms with Crippen LogP contribution in [0.25, 0.3) is 0 Å². The summed E-state index contributed by atoms with van der Waals surface area (Å²) in [5, 5.41) is 0. The molecule has 0 aliphatic carbocycles. The second-order valence-corrected chi connectivity index (χ2v) is 9.30. The summed E-state index contributed by atoms with van der Waals surface area (Å²) in [7, 11) is 0.373. The minimum Gasteiger partial charge on any atom is -0.315 e. The number of carbonyl (C=O) groups is 1. The Morgan fingerprint density at radius 1 is 0.968 bits per heavy atom. The summed E-state index contributed by atoms with van der Waals surface area (Å²) in [5.41, 5.74) is 3.68. The monoisotopic (exact) mass is 430 g/mol. The molecule has 0 radical (unpaired) electrons. The van der Waals surface area contributed by atoms with Crippen LogP contribution < -0.4 is 4.90 Å². The van der Waals surface area contributed by atoms with Gasteiger partial charge in [0.15, 0.2) is 0 Å². The second-order valence-electron chi connectivity index (χ2n) is 7.86. The number of rotatable bonds is 5. The van der Waals surface area contributed by atoms with Crippen molar-refractivity contribution >= 4 is 22.6 Å². The summed E-state index contributed by atoms with van der Waals surface area (Å²) in [6.07, 6.45) is 0. The predicted molar refractivity (Wildman–Crippen MR) is 126 cm³/mol. The normalized spacial score (nSPS) is 19.9. The van der Waals surface area contributed by atoms with Gasteiger partial charge < -0.3 is 4.90 Å². The molecule has 0 unspecified atom stereocenters. The van der Waals surface area contributed by atoms with Crippen molar-refractivity contribution in [1.29, 1.82) is 0 Å². The average Bonchev–Trinajstić information content (AvgIpc) is 3.16. The van der Waals surface area contributed by atoms with E-state index in [2.05, 4.69) is 6.58 Å². The van der Waals surface area contributed by atoms with Crippen LogP contribution in [0.3, 0.4) is 0 Å². The van der Waals surface area contributed by atoms with Crippen LogP contribution in [0.1, 0.15) is 17.2 Å². The molecule has 1 amide bonds. The Morgan fingerprint density at radius 2 is 1.55 bits per heavy atom. The SMILES string of the molecule is C=C1CN([S@@](=O)c2ccc(C)cc2)[C@@H](c2ccccc2)[C@@H]1C(=O)N(C)c1ccccc1. The van der Waals surface area contributed by atoms with E-state index in [1.165, 1.54) is 0 Å². The molecule has 3 atom stereocenters. The molecule has 5 heteroatoms. The number of hydrogen-bond acceptors (Lipinski definition) is 2. The number of amides is 1. The quantitative estimate of drug-likeness (QED) is 0.540. The average molecular weight is 431 g/mol. The molecular formula is C26H26N2O2S. The fourth-order valence-electron chi connectivity index (χ4n) is 4.04. The lowest BCUT2D eigenvalue weighted by Gasteiger charge is -2.29. The van der Waals surface area contributed by atoms with E-state index in [1.54, 1.807) is 11.9 Å². The van der Waals surface area contributed by atoms with Crippen molar-refractivity contribution in [2.75, 3.05) is 18.5 Å². The molecule has 0 N–H and O–H groups in total. The topological polar surface area (TPSA) is 40.6 Å². The largest absolute Gasteiger partial charge is 0.315 e. The smallest absolute Gasteiger partial charge is 0.235 e. The highest BCUT2D eigenvalue weighted by molar-refractivity contribution is 7.82. The van der Waals surface area contributed by atoms with Crippen LogP contribution in [0.2, 0.25) is 0 Å². The van der Waals surface area contributed by atoms with Crippen molar-refractivity contribution < 1.29 is 9.00 Å². The van der Waals surface area contributed by atoms with Crippen LogP contribution in [0.5, 0.6) is 0 Å². The molecule has 0 spiro atoms. The molecule has 1 aliphatic rings. The number of nitrogens with zero attached hydrogens (tertiary/aromatic N) is 2. The van der Waals surface area contributed by atoms with Gasteiger partial charge in [0.2, 0.25) is 5.91 Å². The van der Waals surface area contributed by atoms with Crippen molar-refractivity contribution in [3.63, 3.8) is 0 Å². The van der Waals surface area contributed by atoms with Gasteiger partial charge in [-0.05, 0) is 42.3 Å². The second kappa shape index (κ2) is 9.00. The van der Waals surface area contributed by atoms with Gasteiger partial charge in [0.1, 0.15) is 11.0 Å². The highest BCUT2D eigenvalue weighted by Gasteiger charge is 2.46. The molecule has 1 aliphatic heterocycles. The summed E-state index contributed by atoms with van der Waals surface area (Å²) >= 11 is 0. The van der Waals surface area contributed by atoms with E-state index < -0.39 is 16.9 Å². The van der Waals surface area contributed by atoms with Crippen LogP contribution in [0, 0.1) is 12.8 Å². The highest BCUT2D eigenvalue weighted by atomic mass is 32.2. The molecule has 3 aromatic rings. The number of aryl methyl sites for hydroxylation is 1. The fourth-order valence-corrected chi connectivity index (χ4v) is 5.42. The molecule has 31 heavy (non-hydrogen) atoms. The summed E-state index contributed by atoms with van der Waals surface area (Å²) in [6.45, 7) is 6.63. The van der Waals surface area contributed by atoms with Gasteiger partial charge in [0, 0.05) is 19.3 Å². The van der Waals surface area contributed by atoms with Crippen LogP contribution >= 0.6 is 0 Å². The molecule has 158 valence electrons. The first-order chi connectivity index (χ1) is 15.0. The van der Waals surface area contributed by atoms with Crippen LogP contribution in [-0.4, -0.2) is 28.0 Å². The maximum Gasteiger partial charge on any atom is 0.235 e. The Labute approximate surface area is 186 Å². The Hall–Kier alpha value is -3.02. The molecule has 3 aromatic carbocycles. The van der Waals surface area contributed by atoms with Gasteiger partial charge in [0.05, 0.1) is 16.9 Å². The first-order valence-corrected chi connectivity index (χ1v) is 11.4. The molecule has 4 rings (SSSR count). The van der Waals surface area contributed by atoms with Gasteiger partial charge in [-0.15, -0.1) is 0 Å². The number of carbonyl (C=O) groups excluding carboxylic acids is 1. The zero-order chi connectivity index (χ0) is 22.0. The van der Waals surface area contributed by atoms with Crippen molar-refractivity contribution in [2.45, 2.75) is 17.9 Å². The third-order valence-corrected chi connectivity index (χ3v) is 7.20.